The van der Waals surface area contributed by atoms with E-state index < -0.39 is 0 Å². The normalized spacial score (nSPS) is 19.0. The molecule has 2 heterocycles. The molecule has 3 N–H and O–H groups in total. The third kappa shape index (κ3) is 6.75. The zero-order valence-electron chi connectivity index (χ0n) is 19.0. The molecule has 174 valence electrons. The summed E-state index contributed by atoms with van der Waals surface area (Å²) >= 11 is 0. The van der Waals surface area contributed by atoms with Crippen molar-refractivity contribution in [1.29, 1.82) is 0 Å². The Hall–Kier alpha value is -2.00. The average Bonchev–Trinajstić information content (AvgIpc) is 2.79. The second-order valence-corrected chi connectivity index (χ2v) is 8.51. The molecular weight excluding hydrogens is 513 g/mol. The Morgan fingerprint density at radius 1 is 1.09 bits per heavy atom. The van der Waals surface area contributed by atoms with Crippen LogP contribution >= 0.6 is 24.0 Å². The van der Waals surface area contributed by atoms with E-state index in [2.05, 4.69) is 57.4 Å². The lowest BCUT2D eigenvalue weighted by Gasteiger charge is -2.36. The minimum atomic E-state index is 0. The lowest BCUT2D eigenvalue weighted by Crippen LogP contribution is -2.46. The molecule has 0 bridgehead atoms. The number of unbranched alkanes of at least 4 members (excludes halogenated alkanes) is 1. The average molecular weight is 550 g/mol. The molecule has 4 rings (SSSR count). The van der Waals surface area contributed by atoms with Crippen LogP contribution in [0, 0.1) is 6.92 Å². The number of anilines is 1. The monoisotopic (exact) mass is 549 g/mol. The zero-order valence-corrected chi connectivity index (χ0v) is 21.3. The number of hydrogen-bond acceptors (Lipinski definition) is 4. The number of piperazine rings is 1. The predicted octanol–water partition coefficient (Wildman–Crippen LogP) is 3.94. The lowest BCUT2D eigenvalue weighted by atomic mass is 10.0. The minimum Gasteiger partial charge on any atom is -0.493 e. The largest absolute Gasteiger partial charge is 0.493 e. The Labute approximate surface area is 209 Å². The van der Waals surface area contributed by atoms with Gasteiger partial charge in [-0.2, -0.15) is 0 Å². The van der Waals surface area contributed by atoms with Gasteiger partial charge in [-0.05, 0) is 50.1 Å². The van der Waals surface area contributed by atoms with Crippen LogP contribution in [0.5, 0.6) is 5.75 Å². The topological polar surface area (TPSA) is 66.1 Å². The summed E-state index contributed by atoms with van der Waals surface area (Å²) in [5.41, 5.74) is 9.99. The first-order valence-electron chi connectivity index (χ1n) is 11.5. The number of hydrogen-bond donors (Lipinski definition) is 2. The fraction of sp³-hybridized carbons (Fsp3) is 0.480. The predicted molar refractivity (Wildman–Crippen MR) is 143 cm³/mol. The van der Waals surface area contributed by atoms with E-state index in [1.807, 2.05) is 18.2 Å². The highest BCUT2D eigenvalue weighted by Gasteiger charge is 2.21. The van der Waals surface area contributed by atoms with Crippen LogP contribution in [0.2, 0.25) is 0 Å². The Balaban J connectivity index is 0.00000289. The molecule has 1 unspecified atom stereocenters. The van der Waals surface area contributed by atoms with Gasteiger partial charge in [0.1, 0.15) is 5.75 Å². The van der Waals surface area contributed by atoms with E-state index in [9.17, 15) is 0 Å². The van der Waals surface area contributed by atoms with Crippen molar-refractivity contribution in [2.75, 3.05) is 50.8 Å². The third-order valence-corrected chi connectivity index (χ3v) is 6.18. The molecule has 0 spiro atoms. The number of nitrogens with zero attached hydrogens (tertiary/aromatic N) is 3. The highest BCUT2D eigenvalue weighted by Crippen LogP contribution is 2.31. The number of aryl methyl sites for hydroxylation is 1. The molecule has 1 saturated heterocycles. The number of aliphatic imine (C=N–C) groups is 1. The van der Waals surface area contributed by atoms with Gasteiger partial charge in [0.25, 0.3) is 0 Å². The van der Waals surface area contributed by atoms with Gasteiger partial charge in [0.05, 0.1) is 12.6 Å². The maximum Gasteiger partial charge on any atom is 0.189 e. The number of benzene rings is 2. The van der Waals surface area contributed by atoms with Gasteiger partial charge < -0.3 is 20.7 Å². The summed E-state index contributed by atoms with van der Waals surface area (Å²) in [5.74, 6) is 1.48. The van der Waals surface area contributed by atoms with Crippen LogP contribution in [0.3, 0.4) is 0 Å². The van der Waals surface area contributed by atoms with Crippen molar-refractivity contribution < 1.29 is 4.74 Å². The molecule has 2 aromatic carbocycles. The van der Waals surface area contributed by atoms with Crippen molar-refractivity contribution in [3.05, 3.63) is 59.7 Å². The van der Waals surface area contributed by atoms with E-state index in [1.54, 1.807) is 0 Å². The number of rotatable bonds is 7. The number of guanidine groups is 1. The number of nitrogens with one attached hydrogen (secondary N) is 1. The summed E-state index contributed by atoms with van der Waals surface area (Å²) in [6.45, 7) is 9.24. The molecular formula is C25H36IN5O. The van der Waals surface area contributed by atoms with E-state index in [-0.39, 0.29) is 30.0 Å². The summed E-state index contributed by atoms with van der Waals surface area (Å²) in [5, 5.41) is 3.37. The smallest absolute Gasteiger partial charge is 0.189 e. The molecule has 1 fully saturated rings. The maximum absolute atomic E-state index is 6.15. The molecule has 0 amide bonds. The van der Waals surface area contributed by atoms with Crippen LogP contribution < -0.4 is 20.7 Å². The highest BCUT2D eigenvalue weighted by molar-refractivity contribution is 14.0. The summed E-state index contributed by atoms with van der Waals surface area (Å²) in [6.07, 6.45) is 3.12. The highest BCUT2D eigenvalue weighted by atomic mass is 127. The van der Waals surface area contributed by atoms with E-state index in [1.165, 1.54) is 11.3 Å². The first kappa shape index (κ1) is 24.6. The van der Waals surface area contributed by atoms with E-state index >= 15 is 0 Å². The summed E-state index contributed by atoms with van der Waals surface area (Å²) in [6, 6.07) is 17.1. The van der Waals surface area contributed by atoms with Crippen LogP contribution in [-0.2, 0) is 0 Å². The standard InChI is InChI=1S/C25H35N5O.HI/c1-20-7-6-8-21(19-20)30-16-14-29(15-17-30)13-5-4-12-27-25(26)28-23-11-18-31-24-10-3-2-9-22(23)24;/h2-3,6-10,19,23H,4-5,11-18H2,1H3,(H3,26,27,28);1H. The molecule has 0 aromatic heterocycles. The quantitative estimate of drug-likeness (QED) is 0.237. The van der Waals surface area contributed by atoms with Gasteiger partial charge in [0, 0.05) is 50.4 Å². The molecule has 32 heavy (non-hydrogen) atoms. The van der Waals surface area contributed by atoms with Crippen molar-refractivity contribution in [1.82, 2.24) is 10.2 Å². The Bertz CT molecular complexity index is 882. The maximum atomic E-state index is 6.15. The van der Waals surface area contributed by atoms with Crippen molar-refractivity contribution in [2.24, 2.45) is 10.7 Å². The molecule has 0 radical (unpaired) electrons. The fourth-order valence-electron chi connectivity index (χ4n) is 4.42. The van der Waals surface area contributed by atoms with Gasteiger partial charge in [-0.1, -0.05) is 30.3 Å². The van der Waals surface area contributed by atoms with Gasteiger partial charge in [0.15, 0.2) is 5.96 Å². The van der Waals surface area contributed by atoms with E-state index in [0.717, 1.165) is 69.8 Å². The number of para-hydroxylation sites is 1. The van der Waals surface area contributed by atoms with Crippen LogP contribution in [-0.4, -0.2) is 56.7 Å². The third-order valence-electron chi connectivity index (χ3n) is 6.18. The van der Waals surface area contributed by atoms with Crippen molar-refractivity contribution in [3.63, 3.8) is 0 Å². The van der Waals surface area contributed by atoms with Gasteiger partial charge in [-0.25, -0.2) is 0 Å². The van der Waals surface area contributed by atoms with Gasteiger partial charge in [0.2, 0.25) is 0 Å². The fourth-order valence-corrected chi connectivity index (χ4v) is 4.42. The number of ether oxygens (including phenoxy) is 1. The molecule has 2 aromatic rings. The van der Waals surface area contributed by atoms with Crippen LogP contribution in [0.1, 0.15) is 36.4 Å². The van der Waals surface area contributed by atoms with Crippen molar-refractivity contribution in [3.8, 4) is 5.75 Å². The SMILES string of the molecule is Cc1cccc(N2CCN(CCCCN=C(N)NC3CCOc4ccccc43)CC2)c1.I. The lowest BCUT2D eigenvalue weighted by molar-refractivity contribution is 0.253. The van der Waals surface area contributed by atoms with E-state index in [4.69, 9.17) is 10.5 Å². The Kier molecular flexibility index (Phi) is 9.47. The van der Waals surface area contributed by atoms with Crippen LogP contribution in [0.15, 0.2) is 53.5 Å². The van der Waals surface area contributed by atoms with E-state index in [0.29, 0.717) is 12.6 Å². The van der Waals surface area contributed by atoms with Gasteiger partial charge in [-0.15, -0.1) is 24.0 Å². The number of fused-ring (bicyclic) bond motifs is 1. The Morgan fingerprint density at radius 3 is 2.72 bits per heavy atom. The molecule has 7 heteroatoms. The number of nitrogens with two attached hydrogens (primary N) is 1. The van der Waals surface area contributed by atoms with Gasteiger partial charge >= 0.3 is 0 Å². The van der Waals surface area contributed by atoms with Crippen molar-refractivity contribution >= 4 is 35.6 Å². The molecule has 0 aliphatic carbocycles. The van der Waals surface area contributed by atoms with Gasteiger partial charge in [-0.3, -0.25) is 9.89 Å². The second kappa shape index (κ2) is 12.3. The van der Waals surface area contributed by atoms with Crippen LogP contribution in [0.4, 0.5) is 5.69 Å². The summed E-state index contributed by atoms with van der Waals surface area (Å²) in [4.78, 5) is 9.61. The second-order valence-electron chi connectivity index (χ2n) is 8.51. The zero-order chi connectivity index (χ0) is 21.5. The summed E-state index contributed by atoms with van der Waals surface area (Å²) in [7, 11) is 0. The number of halogens is 1. The Morgan fingerprint density at radius 2 is 1.91 bits per heavy atom. The molecule has 0 saturated carbocycles. The van der Waals surface area contributed by atoms with Crippen LogP contribution in [0.25, 0.3) is 0 Å². The molecule has 6 nitrogen and oxygen atoms in total. The van der Waals surface area contributed by atoms with Crippen molar-refractivity contribution in [2.45, 2.75) is 32.2 Å². The summed E-state index contributed by atoms with van der Waals surface area (Å²) < 4.78 is 5.71. The minimum absolute atomic E-state index is 0. The first-order valence-corrected chi connectivity index (χ1v) is 11.5. The molecule has 2 aliphatic heterocycles. The molecule has 1 atom stereocenters. The first-order chi connectivity index (χ1) is 15.2. The molecule has 2 aliphatic rings.